The number of rotatable bonds is 9. The summed E-state index contributed by atoms with van der Waals surface area (Å²) in [6.45, 7) is 1.73. The van der Waals surface area contributed by atoms with Crippen LogP contribution >= 0.6 is 12.4 Å². The number of methoxy groups -OCH3 is 2. The number of nitriles is 1. The van der Waals surface area contributed by atoms with Gasteiger partial charge < -0.3 is 24.7 Å². The molecule has 118 valence electrons. The maximum atomic E-state index is 8.78. The first kappa shape index (κ1) is 19.3. The fourth-order valence-electron chi connectivity index (χ4n) is 1.55. The van der Waals surface area contributed by atoms with Crippen molar-refractivity contribution in [1.82, 2.24) is 0 Å². The predicted molar refractivity (Wildman–Crippen MR) is 82.2 cm³/mol. The molecular formula is C14H21ClN2O4. The quantitative estimate of drug-likeness (QED) is 0.552. The van der Waals surface area contributed by atoms with Crippen molar-refractivity contribution >= 4 is 18.1 Å². The average molecular weight is 317 g/mol. The lowest BCUT2D eigenvalue weighted by Gasteiger charge is -2.15. The zero-order valence-corrected chi connectivity index (χ0v) is 13.1. The Morgan fingerprint density at radius 3 is 2.00 bits per heavy atom. The van der Waals surface area contributed by atoms with E-state index in [0.717, 1.165) is 5.56 Å². The van der Waals surface area contributed by atoms with E-state index in [0.29, 0.717) is 43.6 Å². The molecule has 0 atom stereocenters. The largest absolute Gasteiger partial charge is 0.487 e. The van der Waals surface area contributed by atoms with Crippen molar-refractivity contribution in [2.45, 2.75) is 6.42 Å². The molecule has 0 spiro atoms. The van der Waals surface area contributed by atoms with E-state index >= 15 is 0 Å². The summed E-state index contributed by atoms with van der Waals surface area (Å²) >= 11 is 0. The van der Waals surface area contributed by atoms with Gasteiger partial charge in [0.05, 0.1) is 25.7 Å². The third-order valence-electron chi connectivity index (χ3n) is 2.57. The first-order valence-electron chi connectivity index (χ1n) is 6.25. The summed E-state index contributed by atoms with van der Waals surface area (Å²) in [7, 11) is 3.20. The van der Waals surface area contributed by atoms with Crippen molar-refractivity contribution in [2.24, 2.45) is 0 Å². The van der Waals surface area contributed by atoms with E-state index in [4.69, 9.17) is 29.9 Å². The third-order valence-corrected chi connectivity index (χ3v) is 2.57. The van der Waals surface area contributed by atoms with E-state index < -0.39 is 0 Å². The molecule has 0 heterocycles. The van der Waals surface area contributed by atoms with Gasteiger partial charge in [0, 0.05) is 26.0 Å². The molecule has 0 aromatic heterocycles. The van der Waals surface area contributed by atoms with Crippen molar-refractivity contribution in [3.05, 3.63) is 17.7 Å². The minimum absolute atomic E-state index is 0. The smallest absolute Gasteiger partial charge is 0.163 e. The number of nitrogen functional groups attached to an aromatic ring is 1. The zero-order chi connectivity index (χ0) is 14.8. The molecule has 0 bridgehead atoms. The highest BCUT2D eigenvalue weighted by Gasteiger charge is 2.11. The highest BCUT2D eigenvalue weighted by molar-refractivity contribution is 5.85. The Bertz CT molecular complexity index is 463. The molecule has 1 rings (SSSR count). The van der Waals surface area contributed by atoms with Gasteiger partial charge in [-0.3, -0.25) is 0 Å². The van der Waals surface area contributed by atoms with Crippen LogP contribution < -0.4 is 15.2 Å². The summed E-state index contributed by atoms with van der Waals surface area (Å²) < 4.78 is 21.0. The Morgan fingerprint density at radius 1 is 1.00 bits per heavy atom. The second-order valence-electron chi connectivity index (χ2n) is 4.02. The van der Waals surface area contributed by atoms with Crippen LogP contribution in [0.25, 0.3) is 0 Å². The molecule has 0 aliphatic heterocycles. The van der Waals surface area contributed by atoms with Gasteiger partial charge in [0.15, 0.2) is 11.5 Å². The van der Waals surface area contributed by atoms with E-state index in [1.54, 1.807) is 26.4 Å². The van der Waals surface area contributed by atoms with Crippen molar-refractivity contribution in [1.29, 1.82) is 5.26 Å². The minimum Gasteiger partial charge on any atom is -0.487 e. The van der Waals surface area contributed by atoms with Crippen LogP contribution in [0.3, 0.4) is 0 Å². The molecule has 2 N–H and O–H groups in total. The molecule has 0 saturated heterocycles. The molecular weight excluding hydrogens is 296 g/mol. The SMILES string of the molecule is COCCOc1cc(N)c(CC#N)cc1OCCOC.Cl. The lowest BCUT2D eigenvalue weighted by molar-refractivity contribution is 0.132. The van der Waals surface area contributed by atoms with Crippen LogP contribution in [0.15, 0.2) is 12.1 Å². The summed E-state index contributed by atoms with van der Waals surface area (Å²) in [6.07, 6.45) is 0.227. The minimum atomic E-state index is 0. The third kappa shape index (κ3) is 6.54. The number of nitrogens with zero attached hydrogens (tertiary/aromatic N) is 1. The van der Waals surface area contributed by atoms with Gasteiger partial charge in [-0.15, -0.1) is 12.4 Å². The molecule has 0 saturated carbocycles. The van der Waals surface area contributed by atoms with E-state index in [1.807, 2.05) is 0 Å². The first-order chi connectivity index (χ1) is 9.72. The van der Waals surface area contributed by atoms with Crippen LogP contribution in [0.5, 0.6) is 11.5 Å². The molecule has 0 fully saturated rings. The van der Waals surface area contributed by atoms with Crippen LogP contribution in [-0.4, -0.2) is 40.6 Å². The number of ether oxygens (including phenoxy) is 4. The number of nitrogens with two attached hydrogens (primary N) is 1. The van der Waals surface area contributed by atoms with Crippen LogP contribution in [0, 0.1) is 11.3 Å². The lowest BCUT2D eigenvalue weighted by atomic mass is 10.1. The maximum Gasteiger partial charge on any atom is 0.163 e. The molecule has 1 aromatic carbocycles. The predicted octanol–water partition coefficient (Wildman–Crippen LogP) is 1.81. The molecule has 1 aromatic rings. The normalized spacial score (nSPS) is 9.57. The summed E-state index contributed by atoms with van der Waals surface area (Å²) in [6, 6.07) is 5.47. The summed E-state index contributed by atoms with van der Waals surface area (Å²) in [5.41, 5.74) is 7.13. The van der Waals surface area contributed by atoms with Crippen molar-refractivity contribution in [3.8, 4) is 17.6 Å². The van der Waals surface area contributed by atoms with Crippen LogP contribution in [0.4, 0.5) is 5.69 Å². The second kappa shape index (κ2) is 11.0. The van der Waals surface area contributed by atoms with Crippen molar-refractivity contribution in [2.75, 3.05) is 46.4 Å². The Balaban J connectivity index is 0.00000400. The van der Waals surface area contributed by atoms with Crippen LogP contribution in [0.2, 0.25) is 0 Å². The number of benzene rings is 1. The molecule has 21 heavy (non-hydrogen) atoms. The Labute approximate surface area is 131 Å². The van der Waals surface area contributed by atoms with Crippen molar-refractivity contribution in [3.63, 3.8) is 0 Å². The highest BCUT2D eigenvalue weighted by Crippen LogP contribution is 2.32. The molecule has 0 unspecified atom stereocenters. The molecule has 0 aliphatic rings. The van der Waals surface area contributed by atoms with Gasteiger partial charge in [-0.05, 0) is 11.6 Å². The second-order valence-corrected chi connectivity index (χ2v) is 4.02. The lowest BCUT2D eigenvalue weighted by Crippen LogP contribution is -2.09. The van der Waals surface area contributed by atoms with E-state index in [-0.39, 0.29) is 18.8 Å². The van der Waals surface area contributed by atoms with E-state index in [9.17, 15) is 0 Å². The summed E-state index contributed by atoms with van der Waals surface area (Å²) in [4.78, 5) is 0. The summed E-state index contributed by atoms with van der Waals surface area (Å²) in [5, 5.41) is 8.78. The van der Waals surface area contributed by atoms with Gasteiger partial charge in [-0.2, -0.15) is 5.26 Å². The fourth-order valence-corrected chi connectivity index (χ4v) is 1.55. The van der Waals surface area contributed by atoms with Gasteiger partial charge in [-0.25, -0.2) is 0 Å². The molecule has 0 radical (unpaired) electrons. The Hall–Kier alpha value is -1.68. The number of hydrogen-bond donors (Lipinski definition) is 1. The van der Waals surface area contributed by atoms with Gasteiger partial charge >= 0.3 is 0 Å². The molecule has 0 amide bonds. The molecule has 0 aliphatic carbocycles. The topological polar surface area (TPSA) is 86.7 Å². The highest BCUT2D eigenvalue weighted by atomic mass is 35.5. The van der Waals surface area contributed by atoms with E-state index in [1.165, 1.54) is 0 Å². The standard InChI is InChI=1S/C14H20N2O4.ClH/c1-17-5-7-19-13-9-11(3-4-15)12(16)10-14(13)20-8-6-18-2;/h9-10H,3,5-8,16H2,1-2H3;1H. The Morgan fingerprint density at radius 2 is 1.52 bits per heavy atom. The number of hydrogen-bond acceptors (Lipinski definition) is 6. The summed E-state index contributed by atoms with van der Waals surface area (Å²) in [5.74, 6) is 1.09. The van der Waals surface area contributed by atoms with Gasteiger partial charge in [0.1, 0.15) is 13.2 Å². The van der Waals surface area contributed by atoms with Gasteiger partial charge in [0.25, 0.3) is 0 Å². The van der Waals surface area contributed by atoms with Crippen LogP contribution in [-0.2, 0) is 15.9 Å². The number of halogens is 1. The van der Waals surface area contributed by atoms with Crippen LogP contribution in [0.1, 0.15) is 5.56 Å². The van der Waals surface area contributed by atoms with Crippen molar-refractivity contribution < 1.29 is 18.9 Å². The zero-order valence-electron chi connectivity index (χ0n) is 12.3. The van der Waals surface area contributed by atoms with Gasteiger partial charge in [0.2, 0.25) is 0 Å². The van der Waals surface area contributed by atoms with Gasteiger partial charge in [-0.1, -0.05) is 0 Å². The fraction of sp³-hybridized carbons (Fsp3) is 0.500. The Kier molecular flexibility index (Phi) is 10.1. The maximum absolute atomic E-state index is 8.78. The molecule has 7 heteroatoms. The monoisotopic (exact) mass is 316 g/mol. The first-order valence-corrected chi connectivity index (χ1v) is 6.25. The average Bonchev–Trinajstić information content (AvgIpc) is 2.44. The molecule has 6 nitrogen and oxygen atoms in total. The number of anilines is 1. The van der Waals surface area contributed by atoms with E-state index in [2.05, 4.69) is 6.07 Å².